The first-order valence-corrected chi connectivity index (χ1v) is 6.18. The lowest BCUT2D eigenvalue weighted by atomic mass is 10.3. The van der Waals surface area contributed by atoms with Crippen LogP contribution in [0, 0.1) is 0 Å². The summed E-state index contributed by atoms with van der Waals surface area (Å²) in [5.41, 5.74) is 1.06. The van der Waals surface area contributed by atoms with Gasteiger partial charge in [0.05, 0.1) is 11.3 Å². The van der Waals surface area contributed by atoms with Crippen LogP contribution in [0.15, 0.2) is 24.7 Å². The molecule has 0 saturated carbocycles. The number of carbonyl (C=O) groups is 1. The molecule has 0 unspecified atom stereocenters. The maximum atomic E-state index is 11.9. The third-order valence-electron chi connectivity index (χ3n) is 2.43. The van der Waals surface area contributed by atoms with Gasteiger partial charge in [-0.3, -0.25) is 10.1 Å². The Labute approximate surface area is 122 Å². The van der Waals surface area contributed by atoms with Crippen LogP contribution < -0.4 is 5.32 Å². The summed E-state index contributed by atoms with van der Waals surface area (Å²) in [4.78, 5) is 30.6. The Hall–Kier alpha value is -2.25. The summed E-state index contributed by atoms with van der Waals surface area (Å²) in [6.45, 7) is 0. The minimum atomic E-state index is -0.465. The molecule has 0 aromatic carbocycles. The SMILES string of the molecule is O=C(Nc1nc(Cl)c2[nH]cnc2n1)c1ccc(Cl)cn1. The minimum Gasteiger partial charge on any atom is -0.341 e. The zero-order valence-electron chi connectivity index (χ0n) is 9.76. The van der Waals surface area contributed by atoms with E-state index in [2.05, 4.69) is 30.2 Å². The van der Waals surface area contributed by atoms with Gasteiger partial charge in [0.25, 0.3) is 5.91 Å². The van der Waals surface area contributed by atoms with Crippen molar-refractivity contribution < 1.29 is 4.79 Å². The zero-order chi connectivity index (χ0) is 14.1. The summed E-state index contributed by atoms with van der Waals surface area (Å²) in [6.07, 6.45) is 2.82. The van der Waals surface area contributed by atoms with E-state index in [0.29, 0.717) is 16.2 Å². The minimum absolute atomic E-state index is 0.0522. The van der Waals surface area contributed by atoms with Crippen LogP contribution in [-0.4, -0.2) is 30.8 Å². The Morgan fingerprint density at radius 1 is 1.20 bits per heavy atom. The average molecular weight is 309 g/mol. The van der Waals surface area contributed by atoms with Crippen molar-refractivity contribution in [2.24, 2.45) is 0 Å². The third-order valence-corrected chi connectivity index (χ3v) is 2.92. The normalized spacial score (nSPS) is 10.7. The lowest BCUT2D eigenvalue weighted by Gasteiger charge is -2.03. The quantitative estimate of drug-likeness (QED) is 0.708. The number of pyridine rings is 1. The van der Waals surface area contributed by atoms with Gasteiger partial charge in [0.2, 0.25) is 5.95 Å². The third kappa shape index (κ3) is 2.40. The number of carbonyl (C=O) groups excluding carboxylic acids is 1. The Morgan fingerprint density at radius 2 is 2.05 bits per heavy atom. The number of hydrogen-bond donors (Lipinski definition) is 2. The number of hydrogen-bond acceptors (Lipinski definition) is 5. The predicted octanol–water partition coefficient (Wildman–Crippen LogP) is 2.31. The lowest BCUT2D eigenvalue weighted by Crippen LogP contribution is -2.15. The standard InChI is InChI=1S/C11H6Cl2N6O/c12-5-1-2-6(14-3-5)10(20)19-11-17-8(13)7-9(18-11)16-4-15-7/h1-4H,(H2,15,16,17,18,19,20). The van der Waals surface area contributed by atoms with Crippen LogP contribution >= 0.6 is 23.2 Å². The van der Waals surface area contributed by atoms with Crippen LogP contribution in [0.3, 0.4) is 0 Å². The molecule has 20 heavy (non-hydrogen) atoms. The Bertz CT molecular complexity index is 785. The van der Waals surface area contributed by atoms with Crippen LogP contribution in [0.5, 0.6) is 0 Å². The number of aromatic amines is 1. The molecule has 3 aromatic rings. The summed E-state index contributed by atoms with van der Waals surface area (Å²) < 4.78 is 0. The van der Waals surface area contributed by atoms with Gasteiger partial charge < -0.3 is 4.98 Å². The van der Waals surface area contributed by atoms with Crippen molar-refractivity contribution in [3.8, 4) is 0 Å². The van der Waals surface area contributed by atoms with Gasteiger partial charge in [-0.25, -0.2) is 9.97 Å². The molecule has 0 aliphatic heterocycles. The molecule has 1 amide bonds. The molecular formula is C11H6Cl2N6O. The largest absolute Gasteiger partial charge is 0.341 e. The van der Waals surface area contributed by atoms with Crippen LogP contribution in [0.2, 0.25) is 10.2 Å². The summed E-state index contributed by atoms with van der Waals surface area (Å²) in [6, 6.07) is 3.06. The van der Waals surface area contributed by atoms with Gasteiger partial charge >= 0.3 is 0 Å². The molecule has 7 nitrogen and oxygen atoms in total. The number of H-pyrrole nitrogens is 1. The number of aromatic nitrogens is 5. The highest BCUT2D eigenvalue weighted by molar-refractivity contribution is 6.33. The smallest absolute Gasteiger partial charge is 0.276 e. The van der Waals surface area contributed by atoms with E-state index in [0.717, 1.165) is 0 Å². The van der Waals surface area contributed by atoms with Crippen molar-refractivity contribution in [3.63, 3.8) is 0 Å². The van der Waals surface area contributed by atoms with Gasteiger partial charge in [-0.15, -0.1) is 0 Å². The van der Waals surface area contributed by atoms with E-state index in [1.54, 1.807) is 6.07 Å². The summed E-state index contributed by atoms with van der Waals surface area (Å²) in [5.74, 6) is -0.413. The van der Waals surface area contributed by atoms with Crippen molar-refractivity contribution in [2.45, 2.75) is 0 Å². The van der Waals surface area contributed by atoms with Gasteiger partial charge in [-0.05, 0) is 12.1 Å². The average Bonchev–Trinajstić information content (AvgIpc) is 2.88. The van der Waals surface area contributed by atoms with Crippen molar-refractivity contribution in [2.75, 3.05) is 5.32 Å². The van der Waals surface area contributed by atoms with Crippen LogP contribution in [0.25, 0.3) is 11.2 Å². The van der Waals surface area contributed by atoms with E-state index < -0.39 is 5.91 Å². The maximum absolute atomic E-state index is 11.9. The van der Waals surface area contributed by atoms with Crippen molar-refractivity contribution >= 4 is 46.2 Å². The first-order valence-electron chi connectivity index (χ1n) is 5.43. The van der Waals surface area contributed by atoms with Crippen molar-refractivity contribution in [1.29, 1.82) is 0 Å². The van der Waals surface area contributed by atoms with Gasteiger partial charge in [0.1, 0.15) is 11.2 Å². The van der Waals surface area contributed by atoms with E-state index in [1.807, 2.05) is 0 Å². The van der Waals surface area contributed by atoms with E-state index in [1.165, 1.54) is 18.6 Å². The zero-order valence-corrected chi connectivity index (χ0v) is 11.3. The number of anilines is 1. The molecular weight excluding hydrogens is 303 g/mol. The number of fused-ring (bicyclic) bond motifs is 1. The number of rotatable bonds is 2. The predicted molar refractivity (Wildman–Crippen MR) is 73.9 cm³/mol. The molecule has 3 rings (SSSR count). The van der Waals surface area contributed by atoms with Gasteiger partial charge in [0.15, 0.2) is 10.8 Å². The van der Waals surface area contributed by atoms with Gasteiger partial charge in [-0.1, -0.05) is 23.2 Å². The van der Waals surface area contributed by atoms with E-state index in [4.69, 9.17) is 23.2 Å². The molecule has 9 heteroatoms. The van der Waals surface area contributed by atoms with E-state index >= 15 is 0 Å². The monoisotopic (exact) mass is 308 g/mol. The fourth-order valence-electron chi connectivity index (χ4n) is 1.53. The molecule has 0 saturated heterocycles. The molecule has 3 heterocycles. The second-order valence-corrected chi connectivity index (χ2v) is 4.55. The lowest BCUT2D eigenvalue weighted by molar-refractivity contribution is 0.102. The summed E-state index contributed by atoms with van der Waals surface area (Å²) in [7, 11) is 0. The van der Waals surface area contributed by atoms with E-state index in [9.17, 15) is 4.79 Å². The fourth-order valence-corrected chi connectivity index (χ4v) is 1.86. The van der Waals surface area contributed by atoms with Crippen molar-refractivity contribution in [3.05, 3.63) is 40.5 Å². The van der Waals surface area contributed by atoms with Gasteiger partial charge in [0, 0.05) is 6.20 Å². The topological polar surface area (TPSA) is 96.5 Å². The second kappa shape index (κ2) is 5.03. The molecule has 3 aromatic heterocycles. The molecule has 0 aliphatic rings. The fraction of sp³-hybridized carbons (Fsp3) is 0. The molecule has 2 N–H and O–H groups in total. The number of halogens is 2. The highest BCUT2D eigenvalue weighted by Crippen LogP contribution is 2.18. The van der Waals surface area contributed by atoms with Crippen LogP contribution in [0.4, 0.5) is 5.95 Å². The summed E-state index contributed by atoms with van der Waals surface area (Å²) >= 11 is 11.6. The number of nitrogens with zero attached hydrogens (tertiary/aromatic N) is 4. The van der Waals surface area contributed by atoms with Crippen LogP contribution in [0.1, 0.15) is 10.5 Å². The first kappa shape index (κ1) is 12.8. The number of nitrogens with one attached hydrogen (secondary N) is 2. The summed E-state index contributed by atoms with van der Waals surface area (Å²) in [5, 5.41) is 3.11. The molecule has 0 atom stereocenters. The highest BCUT2D eigenvalue weighted by atomic mass is 35.5. The maximum Gasteiger partial charge on any atom is 0.276 e. The Kier molecular flexibility index (Phi) is 3.21. The number of imidazole rings is 1. The molecule has 0 radical (unpaired) electrons. The molecule has 0 bridgehead atoms. The molecule has 0 fully saturated rings. The van der Waals surface area contributed by atoms with Gasteiger partial charge in [-0.2, -0.15) is 9.97 Å². The Morgan fingerprint density at radius 3 is 2.80 bits per heavy atom. The second-order valence-electron chi connectivity index (χ2n) is 3.75. The highest BCUT2D eigenvalue weighted by Gasteiger charge is 2.12. The van der Waals surface area contributed by atoms with Crippen molar-refractivity contribution in [1.82, 2.24) is 24.9 Å². The molecule has 0 aliphatic carbocycles. The molecule has 100 valence electrons. The van der Waals surface area contributed by atoms with Crippen LogP contribution in [-0.2, 0) is 0 Å². The Balaban J connectivity index is 1.88. The number of amides is 1. The molecule has 0 spiro atoms. The van der Waals surface area contributed by atoms with E-state index in [-0.39, 0.29) is 16.8 Å². The first-order chi connectivity index (χ1) is 9.63.